The summed E-state index contributed by atoms with van der Waals surface area (Å²) in [5.74, 6) is -0.472. The number of benzene rings is 1. The Bertz CT molecular complexity index is 752. The van der Waals surface area contributed by atoms with Crippen molar-refractivity contribution in [2.45, 2.75) is 36.8 Å². The Morgan fingerprint density at radius 1 is 1.27 bits per heavy atom. The number of sulfonamides is 1. The zero-order chi connectivity index (χ0) is 19.3. The molecule has 1 saturated heterocycles. The van der Waals surface area contributed by atoms with E-state index in [1.165, 1.54) is 24.3 Å². The molecule has 1 N–H and O–H groups in total. The molecule has 0 saturated carbocycles. The third-order valence-corrected chi connectivity index (χ3v) is 6.38. The Labute approximate surface area is 155 Å². The highest BCUT2D eigenvalue weighted by atomic mass is 32.2. The van der Waals surface area contributed by atoms with Gasteiger partial charge in [0.05, 0.1) is 10.9 Å². The van der Waals surface area contributed by atoms with Gasteiger partial charge in [0.2, 0.25) is 10.0 Å². The minimum atomic E-state index is -3.93. The first-order valence-corrected chi connectivity index (χ1v) is 10.1. The standard InChI is InChI=1S/C19H26N2O4S/c1-4-12-21(26(24,25)16-10-8-15(3)9-11-16)17(5-2)18(22)19(23)20-13-6-7-14-20/h4-5,8-11,17-18,22H,1-2,6-7,12-14H2,3H3/t17-,18+/m0/s1. The zero-order valence-electron chi connectivity index (χ0n) is 15.0. The number of carbonyl (C=O) groups excluding carboxylic acids is 1. The number of aliphatic hydroxyl groups is 1. The monoisotopic (exact) mass is 378 g/mol. The molecule has 1 amide bonds. The molecule has 1 aliphatic rings. The van der Waals surface area contributed by atoms with Crippen molar-refractivity contribution in [1.82, 2.24) is 9.21 Å². The fourth-order valence-electron chi connectivity index (χ4n) is 3.03. The fourth-order valence-corrected chi connectivity index (χ4v) is 4.60. The van der Waals surface area contributed by atoms with Gasteiger partial charge in [-0.15, -0.1) is 13.2 Å². The highest BCUT2D eigenvalue weighted by Crippen LogP contribution is 2.22. The lowest BCUT2D eigenvalue weighted by Gasteiger charge is -2.32. The Balaban J connectivity index is 2.35. The highest BCUT2D eigenvalue weighted by Gasteiger charge is 2.38. The van der Waals surface area contributed by atoms with E-state index in [1.54, 1.807) is 17.0 Å². The predicted molar refractivity (Wildman–Crippen MR) is 101 cm³/mol. The number of amides is 1. The third-order valence-electron chi connectivity index (χ3n) is 4.50. The SMILES string of the molecule is C=CCN([C@@H](C=C)[C@@H](O)C(=O)N1CCCC1)S(=O)(=O)c1ccc(C)cc1. The molecule has 142 valence electrons. The molecule has 7 heteroatoms. The summed E-state index contributed by atoms with van der Waals surface area (Å²) < 4.78 is 27.2. The van der Waals surface area contributed by atoms with Crippen molar-refractivity contribution in [3.63, 3.8) is 0 Å². The number of likely N-dealkylation sites (tertiary alicyclic amines) is 1. The molecule has 1 aromatic rings. The second kappa shape index (κ2) is 8.62. The lowest BCUT2D eigenvalue weighted by Crippen LogP contribution is -2.52. The van der Waals surface area contributed by atoms with Gasteiger partial charge in [-0.25, -0.2) is 8.42 Å². The van der Waals surface area contributed by atoms with E-state index in [4.69, 9.17) is 0 Å². The molecule has 1 fully saturated rings. The van der Waals surface area contributed by atoms with Crippen LogP contribution in [0.4, 0.5) is 0 Å². The summed E-state index contributed by atoms with van der Waals surface area (Å²) in [7, 11) is -3.93. The van der Waals surface area contributed by atoms with Gasteiger partial charge in [-0.05, 0) is 31.9 Å². The average molecular weight is 378 g/mol. The fraction of sp³-hybridized carbons (Fsp3) is 0.421. The van der Waals surface area contributed by atoms with Crippen molar-refractivity contribution >= 4 is 15.9 Å². The van der Waals surface area contributed by atoms with Crippen LogP contribution in [0.1, 0.15) is 18.4 Å². The van der Waals surface area contributed by atoms with Crippen LogP contribution in [0.3, 0.4) is 0 Å². The van der Waals surface area contributed by atoms with E-state index < -0.39 is 28.1 Å². The van der Waals surface area contributed by atoms with Crippen LogP contribution in [-0.4, -0.2) is 60.4 Å². The minimum Gasteiger partial charge on any atom is -0.381 e. The second-order valence-electron chi connectivity index (χ2n) is 6.38. The van der Waals surface area contributed by atoms with E-state index in [9.17, 15) is 18.3 Å². The summed E-state index contributed by atoms with van der Waals surface area (Å²) in [5.41, 5.74) is 0.934. The van der Waals surface area contributed by atoms with Gasteiger partial charge >= 0.3 is 0 Å². The summed E-state index contributed by atoms with van der Waals surface area (Å²) in [6.45, 7) is 10.2. The Morgan fingerprint density at radius 2 is 1.85 bits per heavy atom. The van der Waals surface area contributed by atoms with E-state index in [2.05, 4.69) is 13.2 Å². The molecule has 1 heterocycles. The molecule has 6 nitrogen and oxygen atoms in total. The van der Waals surface area contributed by atoms with E-state index in [0.29, 0.717) is 13.1 Å². The number of aryl methyl sites for hydroxylation is 1. The highest BCUT2D eigenvalue weighted by molar-refractivity contribution is 7.89. The van der Waals surface area contributed by atoms with E-state index in [-0.39, 0.29) is 11.4 Å². The molecular formula is C19H26N2O4S. The largest absolute Gasteiger partial charge is 0.381 e. The molecule has 0 unspecified atom stereocenters. The molecular weight excluding hydrogens is 352 g/mol. The quantitative estimate of drug-likeness (QED) is 0.699. The van der Waals surface area contributed by atoms with Crippen molar-refractivity contribution in [2.75, 3.05) is 19.6 Å². The van der Waals surface area contributed by atoms with Gasteiger partial charge in [-0.3, -0.25) is 4.79 Å². The normalized spacial score (nSPS) is 17.1. The predicted octanol–water partition coefficient (Wildman–Crippen LogP) is 1.71. The molecule has 1 aliphatic heterocycles. The summed E-state index contributed by atoms with van der Waals surface area (Å²) >= 11 is 0. The molecule has 2 rings (SSSR count). The molecule has 0 aromatic heterocycles. The Kier molecular flexibility index (Phi) is 6.75. The summed E-state index contributed by atoms with van der Waals surface area (Å²) in [6, 6.07) is 5.35. The number of carbonyl (C=O) groups is 1. The maximum absolute atomic E-state index is 13.1. The van der Waals surface area contributed by atoms with Crippen LogP contribution in [0, 0.1) is 6.92 Å². The number of hydrogen-bond donors (Lipinski definition) is 1. The lowest BCUT2D eigenvalue weighted by molar-refractivity contribution is -0.140. The van der Waals surface area contributed by atoms with Gasteiger partial charge in [-0.2, -0.15) is 4.31 Å². The van der Waals surface area contributed by atoms with Crippen molar-refractivity contribution in [2.24, 2.45) is 0 Å². The minimum absolute atomic E-state index is 0.0444. The first-order valence-electron chi connectivity index (χ1n) is 8.61. The lowest BCUT2D eigenvalue weighted by atomic mass is 10.1. The Hall–Kier alpha value is -1.96. The van der Waals surface area contributed by atoms with Crippen LogP contribution in [0.25, 0.3) is 0 Å². The second-order valence-corrected chi connectivity index (χ2v) is 8.27. The van der Waals surface area contributed by atoms with Crippen LogP contribution in [-0.2, 0) is 14.8 Å². The van der Waals surface area contributed by atoms with Gasteiger partial charge in [0, 0.05) is 19.6 Å². The van der Waals surface area contributed by atoms with Gasteiger partial charge in [0.15, 0.2) is 6.10 Å². The first kappa shape index (κ1) is 20.4. The smallest absolute Gasteiger partial charge is 0.253 e. The van der Waals surface area contributed by atoms with Crippen LogP contribution >= 0.6 is 0 Å². The molecule has 0 spiro atoms. The molecule has 26 heavy (non-hydrogen) atoms. The average Bonchev–Trinajstić information content (AvgIpc) is 3.15. The maximum atomic E-state index is 13.1. The topological polar surface area (TPSA) is 77.9 Å². The number of nitrogens with zero attached hydrogens (tertiary/aromatic N) is 2. The van der Waals surface area contributed by atoms with E-state index in [1.807, 2.05) is 6.92 Å². The molecule has 0 bridgehead atoms. The molecule has 0 aliphatic carbocycles. The van der Waals surface area contributed by atoms with Crippen LogP contribution < -0.4 is 0 Å². The van der Waals surface area contributed by atoms with E-state index >= 15 is 0 Å². The van der Waals surface area contributed by atoms with Gasteiger partial charge in [0.1, 0.15) is 0 Å². The van der Waals surface area contributed by atoms with Gasteiger partial charge in [-0.1, -0.05) is 29.8 Å². The first-order chi connectivity index (χ1) is 12.3. The van der Waals surface area contributed by atoms with Crippen molar-refractivity contribution in [1.29, 1.82) is 0 Å². The maximum Gasteiger partial charge on any atom is 0.253 e. The third kappa shape index (κ3) is 4.23. The summed E-state index contributed by atoms with van der Waals surface area (Å²) in [4.78, 5) is 14.2. The van der Waals surface area contributed by atoms with E-state index in [0.717, 1.165) is 22.7 Å². The number of hydrogen-bond acceptors (Lipinski definition) is 4. The number of rotatable bonds is 8. The zero-order valence-corrected chi connectivity index (χ0v) is 15.9. The van der Waals surface area contributed by atoms with Crippen molar-refractivity contribution in [3.05, 3.63) is 55.1 Å². The Morgan fingerprint density at radius 3 is 2.35 bits per heavy atom. The molecule has 2 atom stereocenters. The van der Waals surface area contributed by atoms with Crippen LogP contribution in [0.5, 0.6) is 0 Å². The molecule has 1 aromatic carbocycles. The van der Waals surface area contributed by atoms with Crippen molar-refractivity contribution < 1.29 is 18.3 Å². The van der Waals surface area contributed by atoms with Crippen LogP contribution in [0.2, 0.25) is 0 Å². The van der Waals surface area contributed by atoms with Crippen molar-refractivity contribution in [3.8, 4) is 0 Å². The summed E-state index contributed by atoms with van der Waals surface area (Å²) in [6.07, 6.45) is 2.99. The molecule has 0 radical (unpaired) electrons. The van der Waals surface area contributed by atoms with Crippen LogP contribution in [0.15, 0.2) is 54.5 Å². The number of aliphatic hydroxyl groups excluding tert-OH is 1. The van der Waals surface area contributed by atoms with Gasteiger partial charge in [0.25, 0.3) is 5.91 Å². The van der Waals surface area contributed by atoms with Gasteiger partial charge < -0.3 is 10.0 Å². The summed E-state index contributed by atoms with van der Waals surface area (Å²) in [5, 5.41) is 10.6.